The number of aliphatic hydroxyl groups excluding tert-OH is 3. The van der Waals surface area contributed by atoms with Gasteiger partial charge in [0.15, 0.2) is 6.29 Å². The Balaban J connectivity index is 2.40. The van der Waals surface area contributed by atoms with Crippen LogP contribution in [0.3, 0.4) is 0 Å². The fraction of sp³-hybridized carbons (Fsp3) is 0.590. The summed E-state index contributed by atoms with van der Waals surface area (Å²) in [4.78, 5) is 12.9. The highest BCUT2D eigenvalue weighted by Crippen LogP contribution is 2.26. The maximum Gasteiger partial charge on any atom is 0.397 e. The third-order valence-corrected chi connectivity index (χ3v) is 11.9. The summed E-state index contributed by atoms with van der Waals surface area (Å²) in [7, 11) is -5.09. The Hall–Kier alpha value is -4.02. The summed E-state index contributed by atoms with van der Waals surface area (Å²) < 4.78 is 59.3. The lowest BCUT2D eigenvalue weighted by atomic mass is 9.99. The molecule has 0 aromatic carbocycles. The lowest BCUT2D eigenvalue weighted by Gasteiger charge is -2.41. The Labute approximate surface area is 447 Å². The number of ether oxygens (including phenoxy) is 4. The van der Waals surface area contributed by atoms with Crippen molar-refractivity contribution >= 4 is 16.4 Å². The van der Waals surface area contributed by atoms with Gasteiger partial charge >= 0.3 is 16.4 Å². The molecule has 1 rings (SSSR count). The van der Waals surface area contributed by atoms with E-state index in [0.29, 0.717) is 13.0 Å². The molecule has 0 aromatic rings. The number of carbonyl (C=O) groups is 1. The number of carbonyl (C=O) groups excluding carboxylic acids is 1. The zero-order chi connectivity index (χ0) is 53.8. The largest absolute Gasteiger partial charge is 0.457 e. The second-order valence-electron chi connectivity index (χ2n) is 18.1. The molecule has 0 aromatic heterocycles. The predicted octanol–water partition coefficient (Wildman–Crippen LogP) is 13.6. The summed E-state index contributed by atoms with van der Waals surface area (Å²) in [5.74, 6) is -0.433. The van der Waals surface area contributed by atoms with E-state index in [0.717, 1.165) is 135 Å². The molecule has 13 heteroatoms. The average Bonchev–Trinajstić information content (AvgIpc) is 3.38. The first-order valence-electron chi connectivity index (χ1n) is 27.6. The first kappa shape index (κ1) is 68.0. The van der Waals surface area contributed by atoms with Crippen molar-refractivity contribution in [3.63, 3.8) is 0 Å². The van der Waals surface area contributed by atoms with Crippen molar-refractivity contribution in [2.75, 3.05) is 26.4 Å². The monoisotopic (exact) mass is 1050 g/mol. The maximum absolute atomic E-state index is 12.9. The molecule has 4 N–H and O–H groups in total. The van der Waals surface area contributed by atoms with E-state index in [1.807, 2.05) is 0 Å². The number of allylic oxidation sites excluding steroid dienone is 24. The van der Waals surface area contributed by atoms with Crippen molar-refractivity contribution in [3.05, 3.63) is 146 Å². The first-order chi connectivity index (χ1) is 36.1. The summed E-state index contributed by atoms with van der Waals surface area (Å²) in [5.41, 5.74) is 0. The third kappa shape index (κ3) is 42.2. The molecule has 0 aliphatic carbocycles. The van der Waals surface area contributed by atoms with Gasteiger partial charge in [0.25, 0.3) is 0 Å². The molecule has 1 aliphatic rings. The van der Waals surface area contributed by atoms with Gasteiger partial charge < -0.3 is 34.3 Å². The summed E-state index contributed by atoms with van der Waals surface area (Å²) in [6, 6.07) is 0. The van der Waals surface area contributed by atoms with E-state index in [9.17, 15) is 33.1 Å². The second-order valence-corrected chi connectivity index (χ2v) is 19.1. The topological polar surface area (TPSA) is 178 Å². The highest BCUT2D eigenvalue weighted by atomic mass is 32.3. The zero-order valence-electron chi connectivity index (χ0n) is 45.1. The van der Waals surface area contributed by atoms with Crippen molar-refractivity contribution in [3.8, 4) is 0 Å². The summed E-state index contributed by atoms with van der Waals surface area (Å²) in [5, 5.41) is 30.8. The molecular weight excluding hydrogens is 957 g/mol. The Morgan fingerprint density at radius 1 is 0.514 bits per heavy atom. The lowest BCUT2D eigenvalue weighted by Crippen LogP contribution is -2.60. The molecule has 6 atom stereocenters. The van der Waals surface area contributed by atoms with Crippen LogP contribution in [0.4, 0.5) is 0 Å². The molecule has 0 amide bonds. The fourth-order valence-corrected chi connectivity index (χ4v) is 7.89. The highest BCUT2D eigenvalue weighted by Gasteiger charge is 2.48. The Morgan fingerprint density at radius 2 is 0.892 bits per heavy atom. The Bertz CT molecular complexity index is 1840. The van der Waals surface area contributed by atoms with Gasteiger partial charge in [-0.25, -0.2) is 4.18 Å². The molecule has 0 radical (unpaired) electrons. The number of rotatable bonds is 46. The van der Waals surface area contributed by atoms with Crippen molar-refractivity contribution < 1.29 is 56.2 Å². The van der Waals surface area contributed by atoms with Gasteiger partial charge in [0.1, 0.15) is 30.5 Å². The molecule has 0 bridgehead atoms. The Kier molecular flexibility index (Phi) is 45.8. The number of hydrogen-bond acceptors (Lipinski definition) is 11. The summed E-state index contributed by atoms with van der Waals surface area (Å²) in [6.07, 6.45) is 65.9. The van der Waals surface area contributed by atoms with Gasteiger partial charge in [-0.2, -0.15) is 8.42 Å². The zero-order valence-corrected chi connectivity index (χ0v) is 45.9. The molecule has 0 spiro atoms. The molecular formula is C61H96O12S. The minimum absolute atomic E-state index is 0.0102. The summed E-state index contributed by atoms with van der Waals surface area (Å²) >= 11 is 0. The fourth-order valence-electron chi connectivity index (χ4n) is 7.38. The molecule has 1 aliphatic heterocycles. The molecule has 74 heavy (non-hydrogen) atoms. The lowest BCUT2D eigenvalue weighted by molar-refractivity contribution is -0.301. The summed E-state index contributed by atoms with van der Waals surface area (Å²) in [6.45, 7) is 3.62. The van der Waals surface area contributed by atoms with Crippen LogP contribution in [-0.4, -0.2) is 97.5 Å². The predicted molar refractivity (Wildman–Crippen MR) is 303 cm³/mol. The Morgan fingerprint density at radius 3 is 1.30 bits per heavy atom. The molecule has 6 unspecified atom stereocenters. The molecule has 418 valence electrons. The van der Waals surface area contributed by atoms with Gasteiger partial charge in [-0.1, -0.05) is 192 Å². The standard InChI is InChI=1S/C61H96O12S/c1-3-5-7-9-11-13-15-17-19-21-23-25-27-29-31-33-35-37-39-41-43-45-47-49-51-69-53-55(54-70-61-59(65)60(73-74(66,67)68)58(64)56(52-62)72-61)71-57(63)50-48-46-44-42-40-38-36-34-32-30-28-26-24-22-20-18-16-14-12-10-8-6-4-2/h5-8,11-14,17-20,23-26,29-32,35,37,41,43,55-56,58-62,64-65H,3-4,9-10,15-16,21-22,27-28,33-34,36,38-40,42,44-54H2,1-2H3,(H,66,67,68)/b7-5-,8-6-,13-11-,14-12-,19-17-,20-18-,25-23-,26-24-,31-29-,32-30-,37-35-,43-41-. The van der Waals surface area contributed by atoms with E-state index < -0.39 is 59.8 Å². The van der Waals surface area contributed by atoms with Crippen LogP contribution in [0.25, 0.3) is 0 Å². The molecule has 12 nitrogen and oxygen atoms in total. The average molecular weight is 1050 g/mol. The van der Waals surface area contributed by atoms with E-state index in [1.54, 1.807) is 0 Å². The van der Waals surface area contributed by atoms with Gasteiger partial charge in [0, 0.05) is 13.0 Å². The van der Waals surface area contributed by atoms with Crippen molar-refractivity contribution in [2.24, 2.45) is 0 Å². The van der Waals surface area contributed by atoms with Gasteiger partial charge in [0.2, 0.25) is 0 Å². The quantitative estimate of drug-likeness (QED) is 0.0197. The van der Waals surface area contributed by atoms with Crippen molar-refractivity contribution in [2.45, 2.75) is 205 Å². The van der Waals surface area contributed by atoms with E-state index >= 15 is 0 Å². The van der Waals surface area contributed by atoms with Crippen LogP contribution in [0.1, 0.15) is 168 Å². The first-order valence-corrected chi connectivity index (χ1v) is 29.0. The van der Waals surface area contributed by atoms with E-state index in [1.165, 1.54) is 6.42 Å². The van der Waals surface area contributed by atoms with Crippen molar-refractivity contribution in [1.82, 2.24) is 0 Å². The van der Waals surface area contributed by atoms with E-state index in [2.05, 4.69) is 164 Å². The maximum atomic E-state index is 12.9. The SMILES string of the molecule is CC/C=C\C/C=C\C/C=C\C/C=C\C/C=C\C/C=C\C/C=C\CCCCOCC(COC1OC(CO)C(O)C(OS(=O)(=O)O)C1O)OC(=O)CCCCCCCCC/C=C\C/C=C\C/C=C\C/C=C\C/C=C\CC. The minimum atomic E-state index is -5.09. The van der Waals surface area contributed by atoms with Gasteiger partial charge in [-0.05, 0) is 116 Å². The third-order valence-electron chi connectivity index (χ3n) is 11.5. The molecule has 1 fully saturated rings. The van der Waals surface area contributed by atoms with Crippen LogP contribution >= 0.6 is 0 Å². The number of esters is 1. The molecule has 1 saturated heterocycles. The smallest absolute Gasteiger partial charge is 0.397 e. The van der Waals surface area contributed by atoms with Gasteiger partial charge in [-0.15, -0.1) is 0 Å². The van der Waals surface area contributed by atoms with Crippen LogP contribution in [0.15, 0.2) is 146 Å². The normalized spacial score (nSPS) is 19.9. The van der Waals surface area contributed by atoms with Crippen LogP contribution in [0.5, 0.6) is 0 Å². The van der Waals surface area contributed by atoms with Crippen molar-refractivity contribution in [1.29, 1.82) is 0 Å². The van der Waals surface area contributed by atoms with Gasteiger partial charge in [-0.3, -0.25) is 9.35 Å². The highest BCUT2D eigenvalue weighted by molar-refractivity contribution is 7.80. The van der Waals surface area contributed by atoms with Crippen LogP contribution in [-0.2, 0) is 38.3 Å². The van der Waals surface area contributed by atoms with E-state index in [-0.39, 0.29) is 19.6 Å². The number of aliphatic hydroxyl groups is 3. The van der Waals surface area contributed by atoms with E-state index in [4.69, 9.17) is 18.9 Å². The van der Waals surface area contributed by atoms with Crippen LogP contribution in [0.2, 0.25) is 0 Å². The number of unbranched alkanes of at least 4 members (excludes halogenated alkanes) is 9. The minimum Gasteiger partial charge on any atom is -0.457 e. The van der Waals surface area contributed by atoms with Crippen LogP contribution < -0.4 is 0 Å². The number of hydrogen-bond donors (Lipinski definition) is 4. The van der Waals surface area contributed by atoms with Gasteiger partial charge in [0.05, 0.1) is 19.8 Å². The molecule has 0 saturated carbocycles. The van der Waals surface area contributed by atoms with Crippen LogP contribution in [0, 0.1) is 0 Å². The second kappa shape index (κ2) is 49.8. The molecule has 1 heterocycles.